The number of anilines is 1. The Hall–Kier alpha value is -2.28. The summed E-state index contributed by atoms with van der Waals surface area (Å²) in [6.07, 6.45) is 0. The first-order valence-electron chi connectivity index (χ1n) is 7.03. The maximum atomic E-state index is 2.34. The molecule has 0 aliphatic rings. The molecule has 3 rings (SSSR count). The summed E-state index contributed by atoms with van der Waals surface area (Å²) in [5, 5.41) is 2.59. The van der Waals surface area contributed by atoms with Gasteiger partial charge < -0.3 is 4.90 Å². The highest BCUT2D eigenvalue weighted by Crippen LogP contribution is 2.31. The zero-order chi connectivity index (χ0) is 13.9. The van der Waals surface area contributed by atoms with Crippen LogP contribution in [0.25, 0.3) is 10.8 Å². The van der Waals surface area contributed by atoms with Gasteiger partial charge in [0.05, 0.1) is 6.04 Å². The molecular formula is C19H19N. The van der Waals surface area contributed by atoms with Crippen molar-refractivity contribution in [1.29, 1.82) is 0 Å². The molecule has 0 aliphatic carbocycles. The van der Waals surface area contributed by atoms with Crippen LogP contribution in [0.3, 0.4) is 0 Å². The molecule has 0 radical (unpaired) electrons. The molecule has 0 spiro atoms. The summed E-state index contributed by atoms with van der Waals surface area (Å²) in [5.74, 6) is 0. The number of fused-ring (bicyclic) bond motifs is 1. The van der Waals surface area contributed by atoms with Crippen LogP contribution in [0, 0.1) is 0 Å². The summed E-state index contributed by atoms with van der Waals surface area (Å²) < 4.78 is 0. The fourth-order valence-corrected chi connectivity index (χ4v) is 2.68. The lowest BCUT2D eigenvalue weighted by Gasteiger charge is -2.28. The molecule has 3 aromatic rings. The second kappa shape index (κ2) is 5.38. The summed E-state index contributed by atoms with van der Waals surface area (Å²) in [6, 6.07) is 26.0. The minimum absolute atomic E-state index is 0.349. The van der Waals surface area contributed by atoms with E-state index in [4.69, 9.17) is 0 Å². The van der Waals surface area contributed by atoms with Gasteiger partial charge in [0, 0.05) is 18.1 Å². The van der Waals surface area contributed by atoms with Crippen molar-refractivity contribution in [3.63, 3.8) is 0 Å². The minimum Gasteiger partial charge on any atom is -0.367 e. The Balaban J connectivity index is 2.03. The Kier molecular flexibility index (Phi) is 3.42. The standard InChI is InChI=1S/C19H19N/c1-15(16-9-4-3-5-10-16)20(2)19-14-8-12-17-11-6-7-13-18(17)19/h3-15H,1-2H3. The average molecular weight is 261 g/mol. The van der Waals surface area contributed by atoms with Crippen LogP contribution in [0.2, 0.25) is 0 Å². The molecule has 0 N–H and O–H groups in total. The van der Waals surface area contributed by atoms with Crippen LogP contribution in [0.5, 0.6) is 0 Å². The SMILES string of the molecule is CC(c1ccccc1)N(C)c1cccc2ccccc12. The van der Waals surface area contributed by atoms with Crippen LogP contribution in [0.4, 0.5) is 5.69 Å². The van der Waals surface area contributed by atoms with Gasteiger partial charge in [0.2, 0.25) is 0 Å². The molecule has 1 nitrogen and oxygen atoms in total. The van der Waals surface area contributed by atoms with Gasteiger partial charge in [0.15, 0.2) is 0 Å². The van der Waals surface area contributed by atoms with Crippen molar-refractivity contribution < 1.29 is 0 Å². The summed E-state index contributed by atoms with van der Waals surface area (Å²) in [5.41, 5.74) is 2.61. The molecular weight excluding hydrogens is 242 g/mol. The highest BCUT2D eigenvalue weighted by molar-refractivity contribution is 5.94. The Bertz CT molecular complexity index is 698. The van der Waals surface area contributed by atoms with Gasteiger partial charge in [-0.1, -0.05) is 66.7 Å². The Labute approximate surface area is 120 Å². The maximum absolute atomic E-state index is 2.34. The molecule has 0 aromatic heterocycles. The van der Waals surface area contributed by atoms with Crippen molar-refractivity contribution in [3.05, 3.63) is 78.4 Å². The van der Waals surface area contributed by atoms with Gasteiger partial charge in [-0.05, 0) is 23.9 Å². The third-order valence-electron chi connectivity index (χ3n) is 4.01. The molecule has 1 unspecified atom stereocenters. The van der Waals surface area contributed by atoms with Gasteiger partial charge in [0.25, 0.3) is 0 Å². The normalized spacial score (nSPS) is 12.3. The molecule has 0 aliphatic heterocycles. The van der Waals surface area contributed by atoms with E-state index in [2.05, 4.69) is 91.7 Å². The quantitative estimate of drug-likeness (QED) is 0.638. The summed E-state index contributed by atoms with van der Waals surface area (Å²) in [7, 11) is 2.17. The molecule has 0 amide bonds. The van der Waals surface area contributed by atoms with E-state index in [1.807, 2.05) is 0 Å². The van der Waals surface area contributed by atoms with E-state index in [1.54, 1.807) is 0 Å². The lowest BCUT2D eigenvalue weighted by molar-refractivity contribution is 0.742. The number of benzene rings is 3. The van der Waals surface area contributed by atoms with E-state index in [0.717, 1.165) is 0 Å². The predicted molar refractivity (Wildman–Crippen MR) is 87.2 cm³/mol. The second-order valence-corrected chi connectivity index (χ2v) is 5.20. The van der Waals surface area contributed by atoms with Gasteiger partial charge in [-0.2, -0.15) is 0 Å². The molecule has 1 heteroatoms. The van der Waals surface area contributed by atoms with Crippen LogP contribution in [0.1, 0.15) is 18.5 Å². The summed E-state index contributed by atoms with van der Waals surface area (Å²) in [6.45, 7) is 2.25. The van der Waals surface area contributed by atoms with Crippen molar-refractivity contribution in [3.8, 4) is 0 Å². The predicted octanol–water partition coefficient (Wildman–Crippen LogP) is 5.04. The highest BCUT2D eigenvalue weighted by Gasteiger charge is 2.13. The van der Waals surface area contributed by atoms with E-state index < -0.39 is 0 Å². The largest absolute Gasteiger partial charge is 0.367 e. The first-order valence-corrected chi connectivity index (χ1v) is 7.03. The van der Waals surface area contributed by atoms with Crippen LogP contribution in [-0.2, 0) is 0 Å². The van der Waals surface area contributed by atoms with Crippen LogP contribution < -0.4 is 4.90 Å². The number of hydrogen-bond acceptors (Lipinski definition) is 1. The van der Waals surface area contributed by atoms with Crippen molar-refractivity contribution in [1.82, 2.24) is 0 Å². The smallest absolute Gasteiger partial charge is 0.0511 e. The number of rotatable bonds is 3. The molecule has 1 atom stereocenters. The summed E-state index contributed by atoms with van der Waals surface area (Å²) >= 11 is 0. The van der Waals surface area contributed by atoms with E-state index >= 15 is 0 Å². The highest BCUT2D eigenvalue weighted by atomic mass is 15.1. The molecule has 0 bridgehead atoms. The molecule has 0 saturated carbocycles. The van der Waals surface area contributed by atoms with Gasteiger partial charge in [-0.15, -0.1) is 0 Å². The first-order chi connectivity index (χ1) is 9.77. The van der Waals surface area contributed by atoms with Gasteiger partial charge in [-0.25, -0.2) is 0 Å². The van der Waals surface area contributed by atoms with Crippen molar-refractivity contribution in [2.24, 2.45) is 0 Å². The molecule has 3 aromatic carbocycles. The van der Waals surface area contributed by atoms with Crippen molar-refractivity contribution in [2.45, 2.75) is 13.0 Å². The fraction of sp³-hybridized carbons (Fsp3) is 0.158. The number of hydrogen-bond donors (Lipinski definition) is 0. The van der Waals surface area contributed by atoms with Crippen molar-refractivity contribution in [2.75, 3.05) is 11.9 Å². The zero-order valence-corrected chi connectivity index (χ0v) is 12.0. The van der Waals surface area contributed by atoms with E-state index in [1.165, 1.54) is 22.0 Å². The maximum Gasteiger partial charge on any atom is 0.0511 e. The van der Waals surface area contributed by atoms with Crippen LogP contribution >= 0.6 is 0 Å². The van der Waals surface area contributed by atoms with Gasteiger partial charge in [-0.3, -0.25) is 0 Å². The van der Waals surface area contributed by atoms with E-state index in [0.29, 0.717) is 6.04 Å². The molecule has 0 saturated heterocycles. The molecule has 0 heterocycles. The Morgan fingerprint density at radius 3 is 2.20 bits per heavy atom. The number of nitrogens with zero attached hydrogens (tertiary/aromatic N) is 1. The molecule has 0 fully saturated rings. The average Bonchev–Trinajstić information content (AvgIpc) is 2.54. The van der Waals surface area contributed by atoms with E-state index in [9.17, 15) is 0 Å². The monoisotopic (exact) mass is 261 g/mol. The van der Waals surface area contributed by atoms with Gasteiger partial charge >= 0.3 is 0 Å². The Morgan fingerprint density at radius 1 is 0.750 bits per heavy atom. The third-order valence-corrected chi connectivity index (χ3v) is 4.01. The third kappa shape index (κ3) is 2.27. The van der Waals surface area contributed by atoms with Crippen molar-refractivity contribution >= 4 is 16.5 Å². The van der Waals surface area contributed by atoms with Gasteiger partial charge in [0.1, 0.15) is 0 Å². The second-order valence-electron chi connectivity index (χ2n) is 5.20. The zero-order valence-electron chi connectivity index (χ0n) is 12.0. The van der Waals surface area contributed by atoms with E-state index in [-0.39, 0.29) is 0 Å². The Morgan fingerprint density at radius 2 is 1.40 bits per heavy atom. The first kappa shape index (κ1) is 12.7. The van der Waals surface area contributed by atoms with Crippen LogP contribution in [-0.4, -0.2) is 7.05 Å². The molecule has 100 valence electrons. The van der Waals surface area contributed by atoms with Crippen LogP contribution in [0.15, 0.2) is 72.8 Å². The summed E-state index contributed by atoms with van der Waals surface area (Å²) in [4.78, 5) is 2.34. The topological polar surface area (TPSA) is 3.24 Å². The lowest BCUT2D eigenvalue weighted by Crippen LogP contribution is -2.21. The molecule has 20 heavy (non-hydrogen) atoms. The lowest BCUT2D eigenvalue weighted by atomic mass is 10.0. The minimum atomic E-state index is 0.349. The fourth-order valence-electron chi connectivity index (χ4n) is 2.68.